The molecule has 0 radical (unpaired) electrons. The lowest BCUT2D eigenvalue weighted by atomic mass is 10.1. The molecule has 1 aromatic rings. The predicted octanol–water partition coefficient (Wildman–Crippen LogP) is 4.33. The van der Waals surface area contributed by atoms with Gasteiger partial charge in [0.05, 0.1) is 12.0 Å². The minimum Gasteiger partial charge on any atom is -0.497 e. The Hall–Kier alpha value is -1.86. The van der Waals surface area contributed by atoms with Gasteiger partial charge in [-0.15, -0.1) is 0 Å². The van der Waals surface area contributed by atoms with E-state index in [1.54, 1.807) is 12.0 Å². The maximum Gasteiger partial charge on any atom is 0.266 e. The van der Waals surface area contributed by atoms with E-state index in [1.165, 1.54) is 11.8 Å². The second-order valence-corrected chi connectivity index (χ2v) is 8.16. The average molecular weight is 421 g/mol. The number of thiocarbonyl (C=S) groups is 1. The number of amides is 2. The van der Waals surface area contributed by atoms with E-state index in [0.717, 1.165) is 43.7 Å². The summed E-state index contributed by atoms with van der Waals surface area (Å²) in [6.45, 7) is 6.11. The molecule has 1 saturated heterocycles. The molecule has 1 aliphatic rings. The van der Waals surface area contributed by atoms with Gasteiger partial charge in [0, 0.05) is 26.1 Å². The lowest BCUT2D eigenvalue weighted by Gasteiger charge is -2.18. The molecule has 28 heavy (non-hydrogen) atoms. The quantitative estimate of drug-likeness (QED) is 0.320. The summed E-state index contributed by atoms with van der Waals surface area (Å²) in [6.07, 6.45) is 5.01. The highest BCUT2D eigenvalue weighted by molar-refractivity contribution is 8.26. The smallest absolute Gasteiger partial charge is 0.266 e. The molecule has 7 heteroatoms. The Bertz CT molecular complexity index is 728. The summed E-state index contributed by atoms with van der Waals surface area (Å²) in [5.41, 5.74) is 0.941. The molecule has 0 atom stereocenters. The van der Waals surface area contributed by atoms with E-state index in [2.05, 4.69) is 0 Å². The summed E-state index contributed by atoms with van der Waals surface area (Å²) < 4.78 is 5.75. The Morgan fingerprint density at radius 2 is 1.86 bits per heavy atom. The number of ether oxygens (including phenoxy) is 1. The number of carbonyl (C=O) groups excluding carboxylic acids is 2. The standard InChI is InChI=1S/C21H28N2O3S2/c1-4-22(5-2)19(24)9-7-6-8-14-23-20(25)18(28-21(23)27)15-16-10-12-17(26-3)13-11-16/h10-13,15H,4-9,14H2,1-3H3/b18-15+. The Balaban J connectivity index is 1.81. The number of thioether (sulfide) groups is 1. The molecule has 0 unspecified atom stereocenters. The van der Waals surface area contributed by atoms with Crippen molar-refractivity contribution in [1.82, 2.24) is 9.80 Å². The lowest BCUT2D eigenvalue weighted by molar-refractivity contribution is -0.131. The molecule has 1 heterocycles. The number of rotatable bonds is 10. The highest BCUT2D eigenvalue weighted by Gasteiger charge is 2.31. The van der Waals surface area contributed by atoms with Crippen molar-refractivity contribution in [3.63, 3.8) is 0 Å². The minimum absolute atomic E-state index is 0.0370. The molecule has 0 saturated carbocycles. The monoisotopic (exact) mass is 420 g/mol. The van der Waals surface area contributed by atoms with Gasteiger partial charge in [0.2, 0.25) is 5.91 Å². The zero-order chi connectivity index (χ0) is 20.5. The molecule has 0 N–H and O–H groups in total. The van der Waals surface area contributed by atoms with E-state index in [4.69, 9.17) is 17.0 Å². The largest absolute Gasteiger partial charge is 0.497 e. The topological polar surface area (TPSA) is 49.9 Å². The first-order chi connectivity index (χ1) is 13.5. The van der Waals surface area contributed by atoms with Crippen LogP contribution in [0.15, 0.2) is 29.2 Å². The van der Waals surface area contributed by atoms with Crippen molar-refractivity contribution in [2.45, 2.75) is 39.5 Å². The third-order valence-electron chi connectivity index (χ3n) is 4.68. The van der Waals surface area contributed by atoms with Crippen molar-refractivity contribution in [1.29, 1.82) is 0 Å². The van der Waals surface area contributed by atoms with E-state index in [0.29, 0.717) is 22.2 Å². The second-order valence-electron chi connectivity index (χ2n) is 6.48. The number of hydrogen-bond donors (Lipinski definition) is 0. The molecule has 1 aromatic carbocycles. The van der Waals surface area contributed by atoms with Crippen molar-refractivity contribution in [2.24, 2.45) is 0 Å². The van der Waals surface area contributed by atoms with Gasteiger partial charge in [-0.25, -0.2) is 0 Å². The molecule has 5 nitrogen and oxygen atoms in total. The first kappa shape index (κ1) is 22.4. The zero-order valence-corrected chi connectivity index (χ0v) is 18.4. The number of unbranched alkanes of at least 4 members (excludes halogenated alkanes) is 2. The van der Waals surface area contributed by atoms with Gasteiger partial charge in [0.1, 0.15) is 10.1 Å². The highest BCUT2D eigenvalue weighted by atomic mass is 32.2. The second kappa shape index (κ2) is 11.2. The van der Waals surface area contributed by atoms with E-state index < -0.39 is 0 Å². The lowest BCUT2D eigenvalue weighted by Crippen LogP contribution is -2.30. The Morgan fingerprint density at radius 1 is 1.18 bits per heavy atom. The van der Waals surface area contributed by atoms with Crippen LogP contribution in [0, 0.1) is 0 Å². The normalized spacial score (nSPS) is 15.4. The van der Waals surface area contributed by atoms with Crippen LogP contribution < -0.4 is 4.74 Å². The molecule has 0 bridgehead atoms. The zero-order valence-electron chi connectivity index (χ0n) is 16.8. The van der Waals surface area contributed by atoms with Crippen molar-refractivity contribution in [3.05, 3.63) is 34.7 Å². The van der Waals surface area contributed by atoms with Crippen LogP contribution in [0.4, 0.5) is 0 Å². The van der Waals surface area contributed by atoms with Gasteiger partial charge in [-0.2, -0.15) is 0 Å². The first-order valence-corrected chi connectivity index (χ1v) is 10.9. The summed E-state index contributed by atoms with van der Waals surface area (Å²) in [5.74, 6) is 0.951. The molecule has 0 spiro atoms. The Labute approximate surface area is 177 Å². The first-order valence-electron chi connectivity index (χ1n) is 9.67. The molecule has 2 rings (SSSR count). The van der Waals surface area contributed by atoms with Gasteiger partial charge in [-0.3, -0.25) is 14.5 Å². The van der Waals surface area contributed by atoms with Crippen LogP contribution in [0.2, 0.25) is 0 Å². The van der Waals surface area contributed by atoms with E-state index in [-0.39, 0.29) is 11.8 Å². The van der Waals surface area contributed by atoms with Gasteiger partial charge in [0.25, 0.3) is 5.91 Å². The molecular formula is C21H28N2O3S2. The fourth-order valence-electron chi connectivity index (χ4n) is 3.00. The number of carbonyl (C=O) groups is 2. The molecule has 2 amide bonds. The summed E-state index contributed by atoms with van der Waals surface area (Å²) in [4.78, 5) is 28.8. The van der Waals surface area contributed by atoms with Gasteiger partial charge >= 0.3 is 0 Å². The summed E-state index contributed by atoms with van der Waals surface area (Å²) in [7, 11) is 1.62. The third kappa shape index (κ3) is 6.07. The Morgan fingerprint density at radius 3 is 2.46 bits per heavy atom. The van der Waals surface area contributed by atoms with Crippen LogP contribution in [-0.4, -0.2) is 52.7 Å². The summed E-state index contributed by atoms with van der Waals surface area (Å²) >= 11 is 6.72. The molecule has 1 fully saturated rings. The van der Waals surface area contributed by atoms with Crippen molar-refractivity contribution < 1.29 is 14.3 Å². The van der Waals surface area contributed by atoms with Crippen molar-refractivity contribution >= 4 is 46.2 Å². The molecule has 0 aromatic heterocycles. The van der Waals surface area contributed by atoms with Crippen LogP contribution in [0.5, 0.6) is 5.75 Å². The van der Waals surface area contributed by atoms with Crippen molar-refractivity contribution in [2.75, 3.05) is 26.7 Å². The average Bonchev–Trinajstić information content (AvgIpc) is 2.96. The molecular weight excluding hydrogens is 392 g/mol. The Kier molecular flexibility index (Phi) is 8.99. The maximum atomic E-state index is 12.6. The summed E-state index contributed by atoms with van der Waals surface area (Å²) in [6, 6.07) is 7.56. The number of benzene rings is 1. The van der Waals surface area contributed by atoms with Crippen LogP contribution in [0.25, 0.3) is 6.08 Å². The number of nitrogens with zero attached hydrogens (tertiary/aromatic N) is 2. The van der Waals surface area contributed by atoms with Crippen molar-refractivity contribution in [3.8, 4) is 5.75 Å². The molecule has 152 valence electrons. The van der Waals surface area contributed by atoms with Crippen LogP contribution in [0.1, 0.15) is 45.1 Å². The summed E-state index contributed by atoms with van der Waals surface area (Å²) in [5, 5.41) is 0. The predicted molar refractivity (Wildman–Crippen MR) is 119 cm³/mol. The van der Waals surface area contributed by atoms with Crippen LogP contribution >= 0.6 is 24.0 Å². The number of hydrogen-bond acceptors (Lipinski definition) is 5. The highest BCUT2D eigenvalue weighted by Crippen LogP contribution is 2.33. The number of methoxy groups -OCH3 is 1. The SMILES string of the molecule is CCN(CC)C(=O)CCCCCN1C(=O)/C(=C\c2ccc(OC)cc2)SC1=S. The van der Waals surface area contributed by atoms with Gasteiger partial charge in [0.15, 0.2) is 0 Å². The van der Waals surface area contributed by atoms with Crippen LogP contribution in [-0.2, 0) is 9.59 Å². The van der Waals surface area contributed by atoms with Gasteiger partial charge in [-0.1, -0.05) is 42.5 Å². The molecule has 0 aliphatic carbocycles. The van der Waals surface area contributed by atoms with Gasteiger partial charge in [-0.05, 0) is 50.5 Å². The van der Waals surface area contributed by atoms with E-state index in [1.807, 2.05) is 49.1 Å². The van der Waals surface area contributed by atoms with Crippen LogP contribution in [0.3, 0.4) is 0 Å². The van der Waals surface area contributed by atoms with E-state index in [9.17, 15) is 9.59 Å². The van der Waals surface area contributed by atoms with E-state index >= 15 is 0 Å². The molecule has 1 aliphatic heterocycles. The maximum absolute atomic E-state index is 12.6. The third-order valence-corrected chi connectivity index (χ3v) is 6.05. The fourth-order valence-corrected chi connectivity index (χ4v) is 4.31. The fraction of sp³-hybridized carbons (Fsp3) is 0.476. The minimum atomic E-state index is -0.0370. The van der Waals surface area contributed by atoms with Gasteiger partial charge < -0.3 is 9.64 Å².